The van der Waals surface area contributed by atoms with Crippen molar-refractivity contribution in [2.75, 3.05) is 23.9 Å². The predicted molar refractivity (Wildman–Crippen MR) is 159 cm³/mol. The molecule has 39 heavy (non-hydrogen) atoms. The number of benzene rings is 3. The number of hydrogen-bond donors (Lipinski definition) is 2. The van der Waals surface area contributed by atoms with Crippen molar-refractivity contribution in [2.45, 2.75) is 0 Å². The van der Waals surface area contributed by atoms with Crippen LogP contribution in [0.3, 0.4) is 0 Å². The predicted octanol–water partition coefficient (Wildman–Crippen LogP) is 6.05. The van der Waals surface area contributed by atoms with E-state index in [2.05, 4.69) is 26.6 Å². The van der Waals surface area contributed by atoms with Crippen LogP contribution in [-0.2, 0) is 14.4 Å². The molecule has 9 nitrogen and oxygen atoms in total. The fraction of sp³-hybridized carbons (Fsp3) is 0.0769. The summed E-state index contributed by atoms with van der Waals surface area (Å²) in [5, 5.41) is 5.50. The van der Waals surface area contributed by atoms with Crippen LogP contribution in [0.1, 0.15) is 5.56 Å². The SMILES string of the molecule is COc1cc(/C=C2\C(=O)NC(=O)N(c3ccc(Br)cc3)C2=O)cc(I)c1OCC(=O)Nc1ccc(Cl)c(Cl)c1. The Hall–Kier alpha value is -3.13. The maximum atomic E-state index is 13.2. The molecule has 0 atom stereocenters. The molecule has 0 radical (unpaired) electrons. The second-order valence-corrected chi connectivity index (χ2v) is 10.8. The van der Waals surface area contributed by atoms with Gasteiger partial charge in [0.15, 0.2) is 18.1 Å². The highest BCUT2D eigenvalue weighted by Gasteiger charge is 2.36. The Labute approximate surface area is 254 Å². The lowest BCUT2D eigenvalue weighted by molar-refractivity contribution is -0.122. The Balaban J connectivity index is 1.54. The molecule has 0 unspecified atom stereocenters. The third-order valence-electron chi connectivity index (χ3n) is 5.30. The molecule has 1 fully saturated rings. The number of imide groups is 2. The van der Waals surface area contributed by atoms with Gasteiger partial charge in [-0.1, -0.05) is 39.1 Å². The van der Waals surface area contributed by atoms with Gasteiger partial charge in [-0.2, -0.15) is 0 Å². The topological polar surface area (TPSA) is 114 Å². The molecule has 13 heteroatoms. The van der Waals surface area contributed by atoms with Crippen LogP contribution in [0.15, 0.2) is 64.6 Å². The number of nitrogens with one attached hydrogen (secondary N) is 2. The number of amides is 5. The number of anilines is 2. The average Bonchev–Trinajstić information content (AvgIpc) is 2.88. The second kappa shape index (κ2) is 12.4. The zero-order valence-electron chi connectivity index (χ0n) is 19.9. The van der Waals surface area contributed by atoms with Crippen molar-refractivity contribution in [3.63, 3.8) is 0 Å². The Bertz CT molecular complexity index is 1530. The number of ether oxygens (including phenoxy) is 2. The van der Waals surface area contributed by atoms with Gasteiger partial charge in [0, 0.05) is 10.2 Å². The monoisotopic (exact) mass is 743 g/mol. The molecule has 200 valence electrons. The average molecular weight is 745 g/mol. The van der Waals surface area contributed by atoms with E-state index in [0.29, 0.717) is 30.6 Å². The van der Waals surface area contributed by atoms with Gasteiger partial charge < -0.3 is 14.8 Å². The number of nitrogens with zero attached hydrogens (tertiary/aromatic N) is 1. The summed E-state index contributed by atoms with van der Waals surface area (Å²) >= 11 is 17.2. The Morgan fingerprint density at radius 1 is 1.08 bits per heavy atom. The third kappa shape index (κ3) is 6.72. The molecule has 3 aromatic carbocycles. The quantitative estimate of drug-likeness (QED) is 0.173. The van der Waals surface area contributed by atoms with E-state index in [4.69, 9.17) is 32.7 Å². The molecule has 1 aliphatic rings. The van der Waals surface area contributed by atoms with Crippen molar-refractivity contribution in [3.05, 3.63) is 83.8 Å². The molecule has 0 spiro atoms. The molecule has 0 bridgehead atoms. The summed E-state index contributed by atoms with van der Waals surface area (Å²) in [6, 6.07) is 13.5. The van der Waals surface area contributed by atoms with Crippen LogP contribution in [-0.4, -0.2) is 37.5 Å². The minimum atomic E-state index is -0.848. The molecule has 4 rings (SSSR count). The highest BCUT2D eigenvalue weighted by molar-refractivity contribution is 14.1. The number of hydrogen-bond acceptors (Lipinski definition) is 6. The van der Waals surface area contributed by atoms with Crippen LogP contribution in [0.4, 0.5) is 16.2 Å². The van der Waals surface area contributed by atoms with Gasteiger partial charge in [0.2, 0.25) is 0 Å². The normalized spacial score (nSPS) is 14.3. The number of carbonyl (C=O) groups excluding carboxylic acids is 4. The molecular formula is C26H17BrCl2IN3O6. The van der Waals surface area contributed by atoms with Crippen LogP contribution in [0, 0.1) is 3.57 Å². The molecule has 3 aromatic rings. The van der Waals surface area contributed by atoms with Crippen LogP contribution < -0.4 is 25.0 Å². The summed E-state index contributed by atoms with van der Waals surface area (Å²) in [6.45, 7) is -0.335. The first-order chi connectivity index (χ1) is 18.6. The Morgan fingerprint density at radius 3 is 2.46 bits per heavy atom. The van der Waals surface area contributed by atoms with Crippen molar-refractivity contribution in [3.8, 4) is 11.5 Å². The number of barbiturate groups is 1. The standard InChI is InChI=1S/C26H17BrCl2IN3O6/c1-38-21-10-13(8-17-24(35)32-26(37)33(25(17)36)16-5-2-14(27)3-6-16)9-20(30)23(21)39-12-22(34)31-15-4-7-18(28)19(29)11-15/h2-11H,12H2,1H3,(H,31,34)(H,32,35,37)/b17-8+. The zero-order valence-corrected chi connectivity index (χ0v) is 25.1. The van der Waals surface area contributed by atoms with Gasteiger partial charge in [-0.15, -0.1) is 0 Å². The molecule has 1 saturated heterocycles. The number of carbonyl (C=O) groups is 4. The lowest BCUT2D eigenvalue weighted by atomic mass is 10.1. The minimum Gasteiger partial charge on any atom is -0.493 e. The van der Waals surface area contributed by atoms with E-state index in [1.807, 2.05) is 22.6 Å². The summed E-state index contributed by atoms with van der Waals surface area (Å²) in [5.41, 5.74) is 0.944. The van der Waals surface area contributed by atoms with Gasteiger partial charge in [-0.05, 0) is 88.8 Å². The van der Waals surface area contributed by atoms with E-state index < -0.39 is 23.8 Å². The maximum absolute atomic E-state index is 13.2. The van der Waals surface area contributed by atoms with Crippen molar-refractivity contribution in [2.24, 2.45) is 0 Å². The van der Waals surface area contributed by atoms with E-state index in [9.17, 15) is 19.2 Å². The largest absolute Gasteiger partial charge is 0.493 e. The number of urea groups is 1. The van der Waals surface area contributed by atoms with Crippen molar-refractivity contribution in [1.82, 2.24) is 5.32 Å². The number of rotatable bonds is 7. The lowest BCUT2D eigenvalue weighted by Crippen LogP contribution is -2.54. The van der Waals surface area contributed by atoms with Crippen LogP contribution in [0.5, 0.6) is 11.5 Å². The van der Waals surface area contributed by atoms with Crippen LogP contribution in [0.2, 0.25) is 10.0 Å². The molecule has 0 aromatic heterocycles. The highest BCUT2D eigenvalue weighted by atomic mass is 127. The van der Waals surface area contributed by atoms with E-state index in [0.717, 1.165) is 9.37 Å². The first kappa shape index (κ1) is 28.9. The Morgan fingerprint density at radius 2 is 1.79 bits per heavy atom. The fourth-order valence-corrected chi connectivity index (χ4v) is 4.86. The second-order valence-electron chi connectivity index (χ2n) is 7.93. The minimum absolute atomic E-state index is 0.245. The molecular weight excluding hydrogens is 728 g/mol. The first-order valence-electron chi connectivity index (χ1n) is 11.0. The highest BCUT2D eigenvalue weighted by Crippen LogP contribution is 2.35. The Kier molecular flexibility index (Phi) is 9.15. The molecule has 2 N–H and O–H groups in total. The van der Waals surface area contributed by atoms with E-state index in [-0.39, 0.29) is 23.7 Å². The summed E-state index contributed by atoms with van der Waals surface area (Å²) in [4.78, 5) is 51.4. The number of halogens is 4. The van der Waals surface area contributed by atoms with E-state index >= 15 is 0 Å². The molecule has 1 aliphatic heterocycles. The van der Waals surface area contributed by atoms with Gasteiger partial charge in [0.1, 0.15) is 5.57 Å². The van der Waals surface area contributed by atoms with Crippen LogP contribution in [0.25, 0.3) is 6.08 Å². The summed E-state index contributed by atoms with van der Waals surface area (Å²) in [7, 11) is 1.41. The third-order valence-corrected chi connectivity index (χ3v) is 7.37. The molecule has 1 heterocycles. The van der Waals surface area contributed by atoms with E-state index in [1.54, 1.807) is 48.5 Å². The van der Waals surface area contributed by atoms with E-state index in [1.165, 1.54) is 19.3 Å². The van der Waals surface area contributed by atoms with Gasteiger partial charge in [0.25, 0.3) is 17.7 Å². The molecule has 0 saturated carbocycles. The lowest BCUT2D eigenvalue weighted by Gasteiger charge is -2.26. The van der Waals surface area contributed by atoms with Crippen molar-refractivity contribution >= 4 is 103 Å². The number of methoxy groups -OCH3 is 1. The smallest absolute Gasteiger partial charge is 0.335 e. The van der Waals surface area contributed by atoms with Crippen molar-refractivity contribution < 1.29 is 28.7 Å². The molecule has 0 aliphatic carbocycles. The van der Waals surface area contributed by atoms with Gasteiger partial charge in [-0.25, -0.2) is 9.69 Å². The van der Waals surface area contributed by atoms with Gasteiger partial charge in [-0.3, -0.25) is 19.7 Å². The van der Waals surface area contributed by atoms with Gasteiger partial charge >= 0.3 is 6.03 Å². The summed E-state index contributed by atoms with van der Waals surface area (Å²) in [5.74, 6) is -1.50. The summed E-state index contributed by atoms with van der Waals surface area (Å²) < 4.78 is 12.4. The summed E-state index contributed by atoms with van der Waals surface area (Å²) in [6.07, 6.45) is 1.35. The maximum Gasteiger partial charge on any atom is 0.335 e. The van der Waals surface area contributed by atoms with Crippen molar-refractivity contribution in [1.29, 1.82) is 0 Å². The fourth-order valence-electron chi connectivity index (χ4n) is 3.52. The molecule has 5 amide bonds. The first-order valence-corrected chi connectivity index (χ1v) is 13.6. The van der Waals surface area contributed by atoms with Gasteiger partial charge in [0.05, 0.1) is 26.4 Å². The van der Waals surface area contributed by atoms with Crippen LogP contribution >= 0.6 is 61.7 Å². The zero-order chi connectivity index (χ0) is 28.3.